The smallest absolute Gasteiger partial charge is 0.314 e. The second-order valence-electron chi connectivity index (χ2n) is 4.45. The Bertz CT molecular complexity index is 748. The molecule has 0 atom stereocenters. The van der Waals surface area contributed by atoms with Gasteiger partial charge in [-0.25, -0.2) is 0 Å². The maximum Gasteiger partial charge on any atom is 0.314 e. The van der Waals surface area contributed by atoms with E-state index in [4.69, 9.17) is 34.8 Å². The molecule has 0 aliphatic carbocycles. The Kier molecular flexibility index (Phi) is 5.29. The van der Waals surface area contributed by atoms with Gasteiger partial charge in [-0.1, -0.05) is 40.9 Å². The van der Waals surface area contributed by atoms with Gasteiger partial charge in [0, 0.05) is 16.4 Å². The molecule has 4 nitrogen and oxygen atoms in total. The Morgan fingerprint density at radius 3 is 2.23 bits per heavy atom. The van der Waals surface area contributed by atoms with E-state index in [0.717, 1.165) is 0 Å². The van der Waals surface area contributed by atoms with Crippen molar-refractivity contribution in [2.75, 3.05) is 10.6 Å². The molecule has 0 aliphatic rings. The minimum atomic E-state index is -0.822. The molecule has 0 fully saturated rings. The molecule has 114 valence electrons. The van der Waals surface area contributed by atoms with E-state index >= 15 is 0 Å². The Balaban J connectivity index is 2.07. The summed E-state index contributed by atoms with van der Waals surface area (Å²) in [4.78, 5) is 23.8. The van der Waals surface area contributed by atoms with E-state index in [1.807, 2.05) is 0 Å². The minimum absolute atomic E-state index is 0.283. The van der Waals surface area contributed by atoms with Gasteiger partial charge in [-0.2, -0.15) is 0 Å². The van der Waals surface area contributed by atoms with Crippen LogP contribution in [-0.2, 0) is 9.59 Å². The molecule has 0 unspecified atom stereocenters. The van der Waals surface area contributed by atoms with E-state index in [0.29, 0.717) is 27.0 Å². The number of carbonyl (C=O) groups is 2. The van der Waals surface area contributed by atoms with Crippen molar-refractivity contribution in [1.29, 1.82) is 0 Å². The first-order valence-electron chi connectivity index (χ1n) is 6.21. The molecular formula is C15H11Cl3N2O2. The lowest BCUT2D eigenvalue weighted by Gasteiger charge is -2.10. The highest BCUT2D eigenvalue weighted by molar-refractivity contribution is 6.44. The maximum atomic E-state index is 11.9. The molecule has 0 saturated heterocycles. The number of amides is 2. The van der Waals surface area contributed by atoms with Crippen LogP contribution in [0.4, 0.5) is 11.4 Å². The average Bonchev–Trinajstić information content (AvgIpc) is 2.47. The zero-order valence-corrected chi connectivity index (χ0v) is 13.7. The summed E-state index contributed by atoms with van der Waals surface area (Å²) in [6, 6.07) is 9.57. The topological polar surface area (TPSA) is 58.2 Å². The molecule has 0 heterocycles. The lowest BCUT2D eigenvalue weighted by molar-refractivity contribution is -0.133. The summed E-state index contributed by atoms with van der Waals surface area (Å²) in [6.45, 7) is 1.74. The van der Waals surface area contributed by atoms with E-state index in [9.17, 15) is 9.59 Å². The van der Waals surface area contributed by atoms with Crippen molar-refractivity contribution in [2.24, 2.45) is 0 Å². The number of rotatable bonds is 2. The maximum absolute atomic E-state index is 11.9. The number of halogens is 3. The third-order valence-corrected chi connectivity index (χ3v) is 4.05. The van der Waals surface area contributed by atoms with Crippen molar-refractivity contribution < 1.29 is 9.59 Å². The SMILES string of the molecule is Cc1c(Cl)cccc1NC(=O)C(=O)Nc1ccc(Cl)c(Cl)c1. The van der Waals surface area contributed by atoms with Crippen LogP contribution in [0.15, 0.2) is 36.4 Å². The van der Waals surface area contributed by atoms with E-state index in [1.165, 1.54) is 12.1 Å². The molecular weight excluding hydrogens is 347 g/mol. The third kappa shape index (κ3) is 3.91. The first-order valence-corrected chi connectivity index (χ1v) is 7.34. The van der Waals surface area contributed by atoms with E-state index < -0.39 is 11.8 Å². The first-order chi connectivity index (χ1) is 10.4. The van der Waals surface area contributed by atoms with Crippen molar-refractivity contribution >= 4 is 58.0 Å². The molecule has 0 bridgehead atoms. The van der Waals surface area contributed by atoms with Gasteiger partial charge in [0.1, 0.15) is 0 Å². The highest BCUT2D eigenvalue weighted by atomic mass is 35.5. The van der Waals surface area contributed by atoms with Crippen LogP contribution in [0.25, 0.3) is 0 Å². The molecule has 2 rings (SSSR count). The summed E-state index contributed by atoms with van der Waals surface area (Å²) in [5, 5.41) is 6.08. The van der Waals surface area contributed by atoms with Crippen LogP contribution < -0.4 is 10.6 Å². The van der Waals surface area contributed by atoms with Crippen LogP contribution in [0.5, 0.6) is 0 Å². The van der Waals surface area contributed by atoms with Gasteiger partial charge in [0.05, 0.1) is 10.0 Å². The highest BCUT2D eigenvalue weighted by Gasteiger charge is 2.16. The Morgan fingerprint density at radius 1 is 0.864 bits per heavy atom. The van der Waals surface area contributed by atoms with Crippen molar-refractivity contribution in [3.05, 3.63) is 57.0 Å². The molecule has 7 heteroatoms. The van der Waals surface area contributed by atoms with Crippen molar-refractivity contribution in [2.45, 2.75) is 6.92 Å². The Morgan fingerprint density at radius 2 is 1.55 bits per heavy atom. The third-order valence-electron chi connectivity index (χ3n) is 2.90. The van der Waals surface area contributed by atoms with Gasteiger partial charge < -0.3 is 10.6 Å². The summed E-state index contributed by atoms with van der Waals surface area (Å²) in [5.41, 5.74) is 1.53. The number of anilines is 2. The Hall–Kier alpha value is -1.75. The first kappa shape index (κ1) is 16.6. The molecule has 0 saturated carbocycles. The molecule has 22 heavy (non-hydrogen) atoms. The number of hydrogen-bond donors (Lipinski definition) is 2. The fourth-order valence-corrected chi connectivity index (χ4v) is 2.16. The van der Waals surface area contributed by atoms with Crippen molar-refractivity contribution in [1.82, 2.24) is 0 Å². The zero-order valence-electron chi connectivity index (χ0n) is 11.4. The zero-order chi connectivity index (χ0) is 16.3. The Labute approximate surface area is 142 Å². The second kappa shape index (κ2) is 7.01. The van der Waals surface area contributed by atoms with Crippen molar-refractivity contribution in [3.8, 4) is 0 Å². The summed E-state index contributed by atoms with van der Waals surface area (Å²) in [6.07, 6.45) is 0. The van der Waals surface area contributed by atoms with Crippen LogP contribution >= 0.6 is 34.8 Å². The average molecular weight is 358 g/mol. The molecule has 0 aliphatic heterocycles. The number of benzene rings is 2. The normalized spacial score (nSPS) is 10.2. The van der Waals surface area contributed by atoms with Crippen LogP contribution in [0.1, 0.15) is 5.56 Å². The molecule has 0 aromatic heterocycles. The summed E-state index contributed by atoms with van der Waals surface area (Å²) < 4.78 is 0. The monoisotopic (exact) mass is 356 g/mol. The second-order valence-corrected chi connectivity index (χ2v) is 5.67. The molecule has 2 aromatic rings. The van der Waals surface area contributed by atoms with Gasteiger partial charge in [-0.15, -0.1) is 0 Å². The van der Waals surface area contributed by atoms with Crippen LogP contribution in [0.3, 0.4) is 0 Å². The summed E-state index contributed by atoms with van der Waals surface area (Å²) in [7, 11) is 0. The predicted molar refractivity (Wildman–Crippen MR) is 89.9 cm³/mol. The lowest BCUT2D eigenvalue weighted by atomic mass is 10.2. The van der Waals surface area contributed by atoms with Gasteiger partial charge in [-0.05, 0) is 42.8 Å². The molecule has 2 amide bonds. The van der Waals surface area contributed by atoms with Crippen LogP contribution in [0.2, 0.25) is 15.1 Å². The summed E-state index contributed by atoms with van der Waals surface area (Å²) >= 11 is 17.6. The fourth-order valence-electron chi connectivity index (χ4n) is 1.68. The van der Waals surface area contributed by atoms with Crippen LogP contribution in [-0.4, -0.2) is 11.8 Å². The summed E-state index contributed by atoms with van der Waals surface area (Å²) in [5.74, 6) is -1.63. The molecule has 2 aromatic carbocycles. The molecule has 2 N–H and O–H groups in total. The van der Waals surface area contributed by atoms with E-state index in [1.54, 1.807) is 31.2 Å². The van der Waals surface area contributed by atoms with Gasteiger partial charge in [0.15, 0.2) is 0 Å². The number of nitrogens with one attached hydrogen (secondary N) is 2. The lowest BCUT2D eigenvalue weighted by Crippen LogP contribution is -2.29. The van der Waals surface area contributed by atoms with Crippen LogP contribution in [0, 0.1) is 6.92 Å². The van der Waals surface area contributed by atoms with Gasteiger partial charge in [0.25, 0.3) is 0 Å². The molecule has 0 spiro atoms. The fraction of sp³-hybridized carbons (Fsp3) is 0.0667. The van der Waals surface area contributed by atoms with E-state index in [-0.39, 0.29) is 5.02 Å². The quantitative estimate of drug-likeness (QED) is 0.776. The van der Waals surface area contributed by atoms with Gasteiger partial charge in [-0.3, -0.25) is 9.59 Å². The van der Waals surface area contributed by atoms with Gasteiger partial charge >= 0.3 is 11.8 Å². The standard InChI is InChI=1S/C15H11Cl3N2O2/c1-8-10(16)3-2-4-13(8)20-15(22)14(21)19-9-5-6-11(17)12(18)7-9/h2-7H,1H3,(H,19,21)(H,20,22). The number of hydrogen-bond acceptors (Lipinski definition) is 2. The van der Waals surface area contributed by atoms with Crippen molar-refractivity contribution in [3.63, 3.8) is 0 Å². The van der Waals surface area contributed by atoms with Gasteiger partial charge in [0.2, 0.25) is 0 Å². The predicted octanol–water partition coefficient (Wildman–Crippen LogP) is 4.53. The highest BCUT2D eigenvalue weighted by Crippen LogP contribution is 2.25. The van der Waals surface area contributed by atoms with E-state index in [2.05, 4.69) is 10.6 Å². The molecule has 0 radical (unpaired) electrons. The minimum Gasteiger partial charge on any atom is -0.318 e. The number of carbonyl (C=O) groups excluding carboxylic acids is 2. The largest absolute Gasteiger partial charge is 0.318 e.